The van der Waals surface area contributed by atoms with Crippen molar-refractivity contribution >= 4 is 10.0 Å². The largest absolute Gasteiger partial charge is 0.497 e. The molecule has 0 saturated heterocycles. The smallest absolute Gasteiger partial charge is 0.240 e. The molecule has 0 unspecified atom stereocenters. The molecule has 1 saturated carbocycles. The van der Waals surface area contributed by atoms with Crippen LogP contribution in [0.25, 0.3) is 0 Å². The van der Waals surface area contributed by atoms with Gasteiger partial charge in [0.25, 0.3) is 0 Å². The van der Waals surface area contributed by atoms with Crippen molar-refractivity contribution in [3.05, 3.63) is 23.8 Å². The molecule has 4 nitrogen and oxygen atoms in total. The van der Waals surface area contributed by atoms with E-state index in [1.165, 1.54) is 12.8 Å². The van der Waals surface area contributed by atoms with Gasteiger partial charge in [-0.05, 0) is 49.4 Å². The number of benzene rings is 1. The minimum Gasteiger partial charge on any atom is -0.497 e. The zero-order valence-corrected chi connectivity index (χ0v) is 12.3. The third-order valence-electron chi connectivity index (χ3n) is 3.71. The topological polar surface area (TPSA) is 55.4 Å². The molecule has 106 valence electrons. The predicted octanol–water partition coefficient (Wildman–Crippen LogP) is 2.47. The summed E-state index contributed by atoms with van der Waals surface area (Å²) in [5.74, 6) is 1.17. The van der Waals surface area contributed by atoms with Gasteiger partial charge in [0.15, 0.2) is 0 Å². The Labute approximate surface area is 115 Å². The summed E-state index contributed by atoms with van der Waals surface area (Å²) in [7, 11) is -1.84. The van der Waals surface area contributed by atoms with Crippen molar-refractivity contribution in [1.29, 1.82) is 0 Å². The van der Waals surface area contributed by atoms with Crippen LogP contribution in [-0.2, 0) is 10.0 Å². The van der Waals surface area contributed by atoms with Crippen molar-refractivity contribution in [3.63, 3.8) is 0 Å². The zero-order valence-electron chi connectivity index (χ0n) is 11.5. The van der Waals surface area contributed by atoms with Crippen molar-refractivity contribution in [3.8, 4) is 5.75 Å². The molecule has 0 atom stereocenters. The van der Waals surface area contributed by atoms with Gasteiger partial charge in [-0.1, -0.05) is 12.8 Å². The van der Waals surface area contributed by atoms with Gasteiger partial charge < -0.3 is 4.74 Å². The highest BCUT2D eigenvalue weighted by Crippen LogP contribution is 2.25. The zero-order chi connectivity index (χ0) is 13.9. The normalized spacial score (nSPS) is 16.7. The van der Waals surface area contributed by atoms with Gasteiger partial charge in [-0.3, -0.25) is 0 Å². The number of ether oxygens (including phenoxy) is 1. The Morgan fingerprint density at radius 2 is 2.00 bits per heavy atom. The number of methoxy groups -OCH3 is 1. The summed E-state index contributed by atoms with van der Waals surface area (Å²) in [6.45, 7) is 2.33. The molecule has 0 radical (unpaired) electrons. The number of aryl methyl sites for hydroxylation is 1. The maximum absolute atomic E-state index is 12.3. The van der Waals surface area contributed by atoms with Crippen LogP contribution < -0.4 is 9.46 Å². The molecule has 1 aliphatic carbocycles. The second kappa shape index (κ2) is 5.92. The van der Waals surface area contributed by atoms with E-state index in [0.717, 1.165) is 12.8 Å². The molecule has 19 heavy (non-hydrogen) atoms. The number of hydrogen-bond donors (Lipinski definition) is 1. The molecule has 1 aliphatic rings. The van der Waals surface area contributed by atoms with Gasteiger partial charge in [0.2, 0.25) is 10.0 Å². The molecular weight excluding hydrogens is 262 g/mol. The lowest BCUT2D eigenvalue weighted by Crippen LogP contribution is -2.29. The number of hydrogen-bond acceptors (Lipinski definition) is 3. The molecule has 0 bridgehead atoms. The average Bonchev–Trinajstić information content (AvgIpc) is 2.89. The summed E-state index contributed by atoms with van der Waals surface area (Å²) in [5.41, 5.74) is 0.707. The van der Waals surface area contributed by atoms with E-state index in [1.54, 1.807) is 32.2 Å². The highest BCUT2D eigenvalue weighted by molar-refractivity contribution is 7.89. The average molecular weight is 283 g/mol. The Morgan fingerprint density at radius 3 is 2.58 bits per heavy atom. The molecule has 1 aromatic carbocycles. The highest BCUT2D eigenvalue weighted by atomic mass is 32.2. The van der Waals surface area contributed by atoms with Gasteiger partial charge in [-0.25, -0.2) is 13.1 Å². The van der Waals surface area contributed by atoms with Crippen LogP contribution in [0.2, 0.25) is 0 Å². The Kier molecular flexibility index (Phi) is 4.47. The molecule has 5 heteroatoms. The minimum absolute atomic E-state index is 0.339. The van der Waals surface area contributed by atoms with Crippen molar-refractivity contribution in [2.75, 3.05) is 13.7 Å². The summed E-state index contributed by atoms with van der Waals surface area (Å²) in [4.78, 5) is 0.339. The van der Waals surface area contributed by atoms with Gasteiger partial charge in [-0.15, -0.1) is 0 Å². The Balaban J connectivity index is 2.10. The van der Waals surface area contributed by atoms with E-state index in [1.807, 2.05) is 0 Å². The molecule has 0 amide bonds. The van der Waals surface area contributed by atoms with Gasteiger partial charge in [0.05, 0.1) is 12.0 Å². The van der Waals surface area contributed by atoms with Gasteiger partial charge in [0, 0.05) is 6.54 Å². The molecule has 1 fully saturated rings. The van der Waals surface area contributed by atoms with E-state index in [-0.39, 0.29) is 0 Å². The number of rotatable bonds is 5. The van der Waals surface area contributed by atoms with Crippen LogP contribution >= 0.6 is 0 Å². The van der Waals surface area contributed by atoms with Crippen LogP contribution in [0.4, 0.5) is 0 Å². The Hall–Kier alpha value is -1.07. The van der Waals surface area contributed by atoms with Gasteiger partial charge in [0.1, 0.15) is 5.75 Å². The first kappa shape index (κ1) is 14.3. The molecule has 1 N–H and O–H groups in total. The van der Waals surface area contributed by atoms with Gasteiger partial charge >= 0.3 is 0 Å². The molecule has 0 heterocycles. The lowest BCUT2D eigenvalue weighted by atomic mass is 10.1. The summed E-state index contributed by atoms with van der Waals surface area (Å²) >= 11 is 0. The van der Waals surface area contributed by atoms with Crippen molar-refractivity contribution < 1.29 is 13.2 Å². The van der Waals surface area contributed by atoms with Crippen LogP contribution in [-0.4, -0.2) is 22.1 Å². The van der Waals surface area contributed by atoms with Crippen molar-refractivity contribution in [2.45, 2.75) is 37.5 Å². The minimum atomic E-state index is -3.41. The van der Waals surface area contributed by atoms with Crippen LogP contribution in [0, 0.1) is 12.8 Å². The molecule has 0 aromatic heterocycles. The second-order valence-electron chi connectivity index (χ2n) is 5.13. The fourth-order valence-corrected chi connectivity index (χ4v) is 3.91. The Morgan fingerprint density at radius 1 is 1.32 bits per heavy atom. The van der Waals surface area contributed by atoms with E-state index < -0.39 is 10.0 Å². The summed E-state index contributed by atoms with van der Waals surface area (Å²) in [5, 5.41) is 0. The standard InChI is InChI=1S/C14H21NO3S/c1-11-9-13(18-2)7-8-14(11)19(16,17)15-10-12-5-3-4-6-12/h7-9,12,15H,3-6,10H2,1-2H3. The van der Waals surface area contributed by atoms with Crippen LogP contribution in [0.5, 0.6) is 5.75 Å². The second-order valence-corrected chi connectivity index (χ2v) is 6.87. The summed E-state index contributed by atoms with van der Waals surface area (Å²) < 4.78 is 32.3. The fourth-order valence-electron chi connectivity index (χ4n) is 2.57. The van der Waals surface area contributed by atoms with E-state index in [0.29, 0.717) is 28.7 Å². The van der Waals surface area contributed by atoms with E-state index in [9.17, 15) is 8.42 Å². The lowest BCUT2D eigenvalue weighted by Gasteiger charge is -2.13. The van der Waals surface area contributed by atoms with E-state index in [4.69, 9.17) is 4.74 Å². The quantitative estimate of drug-likeness (QED) is 0.903. The predicted molar refractivity (Wildman–Crippen MR) is 74.9 cm³/mol. The van der Waals surface area contributed by atoms with Crippen molar-refractivity contribution in [2.24, 2.45) is 5.92 Å². The first-order valence-corrected chi connectivity index (χ1v) is 8.15. The molecule has 1 aromatic rings. The Bertz CT molecular complexity index is 534. The molecule has 0 spiro atoms. The highest BCUT2D eigenvalue weighted by Gasteiger charge is 2.21. The van der Waals surface area contributed by atoms with Gasteiger partial charge in [-0.2, -0.15) is 0 Å². The van der Waals surface area contributed by atoms with Crippen LogP contribution in [0.1, 0.15) is 31.2 Å². The molecule has 0 aliphatic heterocycles. The third kappa shape index (κ3) is 3.48. The lowest BCUT2D eigenvalue weighted by molar-refractivity contribution is 0.414. The van der Waals surface area contributed by atoms with Crippen molar-refractivity contribution in [1.82, 2.24) is 4.72 Å². The number of sulfonamides is 1. The van der Waals surface area contributed by atoms with E-state index >= 15 is 0 Å². The monoisotopic (exact) mass is 283 g/mol. The third-order valence-corrected chi connectivity index (χ3v) is 5.29. The first-order chi connectivity index (χ1) is 9.03. The first-order valence-electron chi connectivity index (χ1n) is 6.67. The van der Waals surface area contributed by atoms with Crippen LogP contribution in [0.3, 0.4) is 0 Å². The fraction of sp³-hybridized carbons (Fsp3) is 0.571. The van der Waals surface area contributed by atoms with Crippen LogP contribution in [0.15, 0.2) is 23.1 Å². The molecule has 2 rings (SSSR count). The van der Waals surface area contributed by atoms with E-state index in [2.05, 4.69) is 4.72 Å². The maximum Gasteiger partial charge on any atom is 0.240 e. The SMILES string of the molecule is COc1ccc(S(=O)(=O)NCC2CCCC2)c(C)c1. The summed E-state index contributed by atoms with van der Waals surface area (Å²) in [6.07, 6.45) is 4.69. The summed E-state index contributed by atoms with van der Waals surface area (Å²) in [6, 6.07) is 5.02. The molecular formula is C14H21NO3S. The number of nitrogens with one attached hydrogen (secondary N) is 1. The maximum atomic E-state index is 12.3.